The number of thiazole rings is 1. The summed E-state index contributed by atoms with van der Waals surface area (Å²) in [6.45, 7) is 3.28. The fraction of sp³-hybridized carbons (Fsp3) is 0.467. The van der Waals surface area contributed by atoms with Crippen LogP contribution in [-0.2, 0) is 0 Å². The number of rotatable bonds is 3. The molecule has 0 aromatic carbocycles. The number of piperidine rings is 1. The van der Waals surface area contributed by atoms with Gasteiger partial charge in [-0.1, -0.05) is 0 Å². The van der Waals surface area contributed by atoms with Crippen molar-refractivity contribution in [1.82, 2.24) is 9.88 Å². The summed E-state index contributed by atoms with van der Waals surface area (Å²) in [5.74, 6) is 0.384. The Morgan fingerprint density at radius 2 is 2.24 bits per heavy atom. The lowest BCUT2D eigenvalue weighted by molar-refractivity contribution is 0.0525. The first-order chi connectivity index (χ1) is 10.1. The van der Waals surface area contributed by atoms with Gasteiger partial charge in [-0.25, -0.2) is 4.98 Å². The van der Waals surface area contributed by atoms with Crippen molar-refractivity contribution < 1.29 is 9.90 Å². The number of carbonyl (C=O) groups excluding carboxylic acids is 1. The van der Waals surface area contributed by atoms with E-state index in [9.17, 15) is 9.90 Å². The van der Waals surface area contributed by atoms with Gasteiger partial charge in [0, 0.05) is 24.0 Å². The van der Waals surface area contributed by atoms with E-state index in [2.05, 4.69) is 4.98 Å². The number of likely N-dealkylation sites (tertiary alicyclic amines) is 1. The Morgan fingerprint density at radius 3 is 2.86 bits per heavy atom. The molecule has 0 bridgehead atoms. The molecule has 112 valence electrons. The molecule has 4 nitrogen and oxygen atoms in total. The Balaban J connectivity index is 1.66. The second kappa shape index (κ2) is 6.25. The Labute approximate surface area is 132 Å². The molecule has 3 rings (SSSR count). The van der Waals surface area contributed by atoms with E-state index in [-0.39, 0.29) is 12.0 Å². The fourth-order valence-electron chi connectivity index (χ4n) is 2.63. The molecule has 0 radical (unpaired) electrons. The maximum Gasteiger partial charge on any atom is 0.265 e. The van der Waals surface area contributed by atoms with Crippen molar-refractivity contribution in [3.63, 3.8) is 0 Å². The summed E-state index contributed by atoms with van der Waals surface area (Å²) in [6, 6.07) is 2.02. The van der Waals surface area contributed by atoms with Crippen LogP contribution in [0.4, 0.5) is 0 Å². The topological polar surface area (TPSA) is 53.4 Å². The molecule has 2 aromatic rings. The van der Waals surface area contributed by atoms with Gasteiger partial charge in [0.1, 0.15) is 9.88 Å². The van der Waals surface area contributed by atoms with Crippen LogP contribution < -0.4 is 0 Å². The molecule has 6 heteroatoms. The molecule has 2 aromatic heterocycles. The first-order valence-electron chi connectivity index (χ1n) is 7.11. The summed E-state index contributed by atoms with van der Waals surface area (Å²) < 4.78 is 0. The number of thiophene rings is 1. The quantitative estimate of drug-likeness (QED) is 0.944. The van der Waals surface area contributed by atoms with E-state index in [1.54, 1.807) is 17.5 Å². The Hall–Kier alpha value is -1.24. The van der Waals surface area contributed by atoms with Crippen LogP contribution in [0, 0.1) is 5.92 Å². The molecule has 1 N–H and O–H groups in total. The zero-order valence-electron chi connectivity index (χ0n) is 11.9. The van der Waals surface area contributed by atoms with Crippen LogP contribution in [0.15, 0.2) is 23.0 Å². The van der Waals surface area contributed by atoms with E-state index >= 15 is 0 Å². The van der Waals surface area contributed by atoms with Gasteiger partial charge in [0.15, 0.2) is 0 Å². The zero-order valence-corrected chi connectivity index (χ0v) is 13.5. The lowest BCUT2D eigenvalue weighted by Crippen LogP contribution is -2.40. The van der Waals surface area contributed by atoms with Crippen LogP contribution in [0.25, 0.3) is 10.6 Å². The predicted octanol–water partition coefficient (Wildman–Crippen LogP) is 3.10. The van der Waals surface area contributed by atoms with Crippen molar-refractivity contribution in [3.05, 3.63) is 27.9 Å². The van der Waals surface area contributed by atoms with Crippen LogP contribution in [-0.4, -0.2) is 40.1 Å². The number of aromatic nitrogens is 1. The summed E-state index contributed by atoms with van der Waals surface area (Å²) in [5, 5.41) is 14.6. The highest BCUT2D eigenvalue weighted by Crippen LogP contribution is 2.29. The standard InChI is InChI=1S/C15H18N2O2S2/c1-10(18)11-2-5-17(6-3-11)15(19)13-8-16-14(21-13)12-4-7-20-9-12/h4,7-11,18H,2-3,5-6H2,1H3. The van der Waals surface area contributed by atoms with E-state index < -0.39 is 0 Å². The minimum atomic E-state index is -0.282. The molecule has 1 fully saturated rings. The van der Waals surface area contributed by atoms with Crippen molar-refractivity contribution in [3.8, 4) is 10.6 Å². The molecule has 0 saturated carbocycles. The van der Waals surface area contributed by atoms with Crippen LogP contribution in [0.1, 0.15) is 29.4 Å². The van der Waals surface area contributed by atoms with Crippen molar-refractivity contribution in [2.45, 2.75) is 25.9 Å². The highest BCUT2D eigenvalue weighted by atomic mass is 32.1. The van der Waals surface area contributed by atoms with Crippen LogP contribution in [0.3, 0.4) is 0 Å². The van der Waals surface area contributed by atoms with Gasteiger partial charge in [-0.3, -0.25) is 4.79 Å². The Kier molecular flexibility index (Phi) is 4.37. The van der Waals surface area contributed by atoms with Gasteiger partial charge < -0.3 is 10.0 Å². The first kappa shape index (κ1) is 14.7. The van der Waals surface area contributed by atoms with Crippen molar-refractivity contribution in [2.24, 2.45) is 5.92 Å². The molecule has 0 spiro atoms. The third kappa shape index (κ3) is 3.17. The highest BCUT2D eigenvalue weighted by molar-refractivity contribution is 7.17. The predicted molar refractivity (Wildman–Crippen MR) is 85.7 cm³/mol. The molecule has 1 amide bonds. The molecular formula is C15H18N2O2S2. The van der Waals surface area contributed by atoms with Gasteiger partial charge in [-0.05, 0) is 37.1 Å². The van der Waals surface area contributed by atoms with E-state index in [1.807, 2.05) is 28.7 Å². The molecule has 1 aliphatic rings. The maximum absolute atomic E-state index is 12.5. The van der Waals surface area contributed by atoms with Gasteiger partial charge in [-0.15, -0.1) is 11.3 Å². The first-order valence-corrected chi connectivity index (χ1v) is 8.87. The molecule has 1 atom stereocenters. The van der Waals surface area contributed by atoms with Gasteiger partial charge in [0.05, 0.1) is 12.3 Å². The SMILES string of the molecule is CC(O)C1CCN(C(=O)c2cnc(-c3ccsc3)s2)CC1. The molecular weight excluding hydrogens is 304 g/mol. The molecule has 1 saturated heterocycles. The molecule has 0 aliphatic carbocycles. The number of hydrogen-bond acceptors (Lipinski definition) is 5. The van der Waals surface area contributed by atoms with Gasteiger partial charge >= 0.3 is 0 Å². The summed E-state index contributed by atoms with van der Waals surface area (Å²) in [6.07, 6.45) is 3.15. The van der Waals surface area contributed by atoms with Crippen molar-refractivity contribution in [1.29, 1.82) is 0 Å². The fourth-order valence-corrected chi connectivity index (χ4v) is 4.23. The number of aliphatic hydroxyl groups excluding tert-OH is 1. The van der Waals surface area contributed by atoms with E-state index in [0.717, 1.165) is 36.5 Å². The Bertz CT molecular complexity index is 599. The zero-order chi connectivity index (χ0) is 14.8. The lowest BCUT2D eigenvalue weighted by Gasteiger charge is -2.32. The number of aliphatic hydroxyl groups is 1. The monoisotopic (exact) mass is 322 g/mol. The molecule has 1 unspecified atom stereocenters. The van der Waals surface area contributed by atoms with Crippen LogP contribution in [0.2, 0.25) is 0 Å². The largest absolute Gasteiger partial charge is 0.393 e. The number of carbonyl (C=O) groups is 1. The van der Waals surface area contributed by atoms with E-state index in [1.165, 1.54) is 11.3 Å². The number of hydrogen-bond donors (Lipinski definition) is 1. The number of nitrogens with zero attached hydrogens (tertiary/aromatic N) is 2. The second-order valence-electron chi connectivity index (χ2n) is 5.41. The summed E-state index contributed by atoms with van der Waals surface area (Å²) >= 11 is 3.09. The van der Waals surface area contributed by atoms with E-state index in [4.69, 9.17) is 0 Å². The van der Waals surface area contributed by atoms with Gasteiger partial charge in [-0.2, -0.15) is 11.3 Å². The minimum absolute atomic E-state index is 0.0676. The Morgan fingerprint density at radius 1 is 1.48 bits per heavy atom. The van der Waals surface area contributed by atoms with Crippen molar-refractivity contribution in [2.75, 3.05) is 13.1 Å². The van der Waals surface area contributed by atoms with Crippen molar-refractivity contribution >= 4 is 28.6 Å². The normalized spacial score (nSPS) is 17.9. The maximum atomic E-state index is 12.5. The third-order valence-electron chi connectivity index (χ3n) is 3.99. The van der Waals surface area contributed by atoms with Gasteiger partial charge in [0.2, 0.25) is 0 Å². The second-order valence-corrected chi connectivity index (χ2v) is 7.22. The average molecular weight is 322 g/mol. The van der Waals surface area contributed by atoms with Gasteiger partial charge in [0.25, 0.3) is 5.91 Å². The average Bonchev–Trinajstić information content (AvgIpc) is 3.17. The highest BCUT2D eigenvalue weighted by Gasteiger charge is 2.27. The van der Waals surface area contributed by atoms with E-state index in [0.29, 0.717) is 10.8 Å². The molecule has 21 heavy (non-hydrogen) atoms. The lowest BCUT2D eigenvalue weighted by atomic mass is 9.92. The van der Waals surface area contributed by atoms with Crippen LogP contribution in [0.5, 0.6) is 0 Å². The molecule has 3 heterocycles. The minimum Gasteiger partial charge on any atom is -0.393 e. The third-order valence-corrected chi connectivity index (χ3v) is 5.71. The smallest absolute Gasteiger partial charge is 0.265 e. The number of amides is 1. The van der Waals surface area contributed by atoms with Crippen LogP contribution >= 0.6 is 22.7 Å². The summed E-state index contributed by atoms with van der Waals surface area (Å²) in [4.78, 5) is 19.4. The summed E-state index contributed by atoms with van der Waals surface area (Å²) in [7, 11) is 0. The summed E-state index contributed by atoms with van der Waals surface area (Å²) in [5.41, 5.74) is 1.08. The molecule has 1 aliphatic heterocycles.